The van der Waals surface area contributed by atoms with Gasteiger partial charge in [-0.3, -0.25) is 9.89 Å². The number of amides is 1. The lowest BCUT2D eigenvalue weighted by atomic mass is 9.96. The van der Waals surface area contributed by atoms with E-state index in [0.717, 1.165) is 34.2 Å². The first-order chi connectivity index (χ1) is 14.5. The number of aromatic nitrogens is 2. The van der Waals surface area contributed by atoms with Gasteiger partial charge >= 0.3 is 0 Å². The molecule has 3 aromatic rings. The quantitative estimate of drug-likeness (QED) is 0.487. The highest BCUT2D eigenvalue weighted by atomic mass is 16.5. The summed E-state index contributed by atoms with van der Waals surface area (Å²) in [6.07, 6.45) is 6.69. The summed E-state index contributed by atoms with van der Waals surface area (Å²) in [5.74, 6) is 2.66. The molecule has 0 spiro atoms. The number of nitrogens with zero attached hydrogens (tertiary/aromatic N) is 1. The number of nitrogens with one attached hydrogen (secondary N) is 2. The second kappa shape index (κ2) is 8.90. The van der Waals surface area contributed by atoms with Crippen LogP contribution in [-0.4, -0.2) is 23.2 Å². The maximum atomic E-state index is 12.4. The van der Waals surface area contributed by atoms with Gasteiger partial charge in [-0.25, -0.2) is 0 Å². The Balaban J connectivity index is 1.54. The molecule has 5 nitrogen and oxygen atoms in total. The van der Waals surface area contributed by atoms with Gasteiger partial charge < -0.3 is 10.1 Å². The Bertz CT molecular complexity index is 1030. The molecule has 5 heteroatoms. The van der Waals surface area contributed by atoms with Crippen LogP contribution >= 0.6 is 0 Å². The first-order valence-electron chi connectivity index (χ1n) is 11.0. The van der Waals surface area contributed by atoms with E-state index in [1.165, 1.54) is 31.2 Å². The van der Waals surface area contributed by atoms with Crippen LogP contribution in [0.1, 0.15) is 63.9 Å². The van der Waals surface area contributed by atoms with Crippen LogP contribution in [0.4, 0.5) is 5.82 Å². The number of aromatic amines is 1. The lowest BCUT2D eigenvalue weighted by Crippen LogP contribution is -2.13. The van der Waals surface area contributed by atoms with Crippen molar-refractivity contribution in [2.45, 2.75) is 58.3 Å². The number of fused-ring (bicyclic) bond motifs is 1. The summed E-state index contributed by atoms with van der Waals surface area (Å²) in [6, 6.07) is 12.5. The number of benzene rings is 2. The minimum atomic E-state index is 0.0469. The molecule has 1 fully saturated rings. The molecule has 1 amide bonds. The molecule has 0 saturated heterocycles. The molecule has 2 N–H and O–H groups in total. The molecule has 1 saturated carbocycles. The van der Waals surface area contributed by atoms with Crippen LogP contribution in [0.3, 0.4) is 0 Å². The zero-order valence-corrected chi connectivity index (χ0v) is 18.1. The number of methoxy groups -OCH3 is 1. The molecule has 1 aliphatic rings. The second-order valence-electron chi connectivity index (χ2n) is 8.68. The topological polar surface area (TPSA) is 67.0 Å². The number of anilines is 1. The molecule has 0 bridgehead atoms. The third kappa shape index (κ3) is 4.35. The van der Waals surface area contributed by atoms with Crippen molar-refractivity contribution in [2.24, 2.45) is 5.92 Å². The molecule has 4 rings (SSSR count). The van der Waals surface area contributed by atoms with E-state index in [-0.39, 0.29) is 5.91 Å². The highest BCUT2D eigenvalue weighted by molar-refractivity contribution is 6.00. The van der Waals surface area contributed by atoms with Crippen LogP contribution in [0.5, 0.6) is 5.75 Å². The Hall–Kier alpha value is -2.82. The fourth-order valence-corrected chi connectivity index (χ4v) is 4.42. The molecule has 2 aromatic carbocycles. The number of rotatable bonds is 7. The van der Waals surface area contributed by atoms with Gasteiger partial charge in [-0.2, -0.15) is 5.10 Å². The van der Waals surface area contributed by atoms with E-state index in [1.807, 2.05) is 12.1 Å². The zero-order valence-electron chi connectivity index (χ0n) is 18.1. The van der Waals surface area contributed by atoms with Crippen LogP contribution < -0.4 is 10.1 Å². The zero-order chi connectivity index (χ0) is 21.1. The number of carbonyl (C=O) groups is 1. The van der Waals surface area contributed by atoms with E-state index >= 15 is 0 Å². The normalized spacial score (nSPS) is 14.5. The smallest absolute Gasteiger partial charge is 0.225 e. The van der Waals surface area contributed by atoms with Crippen molar-refractivity contribution in [3.63, 3.8) is 0 Å². The largest absolute Gasteiger partial charge is 0.496 e. The van der Waals surface area contributed by atoms with E-state index in [9.17, 15) is 4.79 Å². The van der Waals surface area contributed by atoms with Gasteiger partial charge in [-0.15, -0.1) is 0 Å². The highest BCUT2D eigenvalue weighted by Crippen LogP contribution is 2.35. The summed E-state index contributed by atoms with van der Waals surface area (Å²) >= 11 is 0. The fourth-order valence-electron chi connectivity index (χ4n) is 4.42. The van der Waals surface area contributed by atoms with Crippen molar-refractivity contribution < 1.29 is 9.53 Å². The van der Waals surface area contributed by atoms with Crippen molar-refractivity contribution in [1.82, 2.24) is 10.2 Å². The van der Waals surface area contributed by atoms with Crippen LogP contribution in [0.25, 0.3) is 22.0 Å². The molecular formula is C25H31N3O2. The Kier molecular flexibility index (Phi) is 6.07. The van der Waals surface area contributed by atoms with Crippen molar-refractivity contribution in [3.8, 4) is 16.9 Å². The van der Waals surface area contributed by atoms with Crippen LogP contribution in [0, 0.1) is 5.92 Å². The van der Waals surface area contributed by atoms with Crippen LogP contribution in [-0.2, 0) is 4.79 Å². The average Bonchev–Trinajstić information content (AvgIpc) is 3.41. The van der Waals surface area contributed by atoms with Gasteiger partial charge in [-0.1, -0.05) is 51.7 Å². The first-order valence-corrected chi connectivity index (χ1v) is 11.0. The molecule has 30 heavy (non-hydrogen) atoms. The SMILES string of the molecule is COc1ccc(C(C)C)cc1-c1ccc2c(NC(=O)CCC3CCCC3)n[nH]c2c1. The minimum Gasteiger partial charge on any atom is -0.496 e. The van der Waals surface area contributed by atoms with E-state index < -0.39 is 0 Å². The summed E-state index contributed by atoms with van der Waals surface area (Å²) in [4.78, 5) is 12.4. The van der Waals surface area contributed by atoms with Crippen molar-refractivity contribution in [3.05, 3.63) is 42.0 Å². The van der Waals surface area contributed by atoms with Crippen molar-refractivity contribution in [1.29, 1.82) is 0 Å². The van der Waals surface area contributed by atoms with Crippen molar-refractivity contribution >= 4 is 22.6 Å². The van der Waals surface area contributed by atoms with Gasteiger partial charge in [0, 0.05) is 17.4 Å². The number of hydrogen-bond acceptors (Lipinski definition) is 3. The minimum absolute atomic E-state index is 0.0469. The third-order valence-electron chi connectivity index (χ3n) is 6.28. The molecule has 0 aliphatic heterocycles. The maximum Gasteiger partial charge on any atom is 0.225 e. The Morgan fingerprint density at radius 3 is 2.73 bits per heavy atom. The summed E-state index contributed by atoms with van der Waals surface area (Å²) in [7, 11) is 1.70. The maximum absolute atomic E-state index is 12.4. The molecule has 0 unspecified atom stereocenters. The molecule has 0 atom stereocenters. The van der Waals surface area contributed by atoms with Gasteiger partial charge in [-0.05, 0) is 53.6 Å². The Labute approximate surface area is 178 Å². The predicted molar refractivity (Wildman–Crippen MR) is 122 cm³/mol. The summed E-state index contributed by atoms with van der Waals surface area (Å²) < 4.78 is 5.59. The van der Waals surface area contributed by atoms with Gasteiger partial charge in [0.2, 0.25) is 5.91 Å². The molecule has 1 aromatic heterocycles. The molecule has 0 radical (unpaired) electrons. The van der Waals surface area contributed by atoms with Crippen LogP contribution in [0.2, 0.25) is 0 Å². The fraction of sp³-hybridized carbons (Fsp3) is 0.440. The predicted octanol–water partition coefficient (Wildman–Crippen LogP) is 6.27. The van der Waals surface area contributed by atoms with E-state index in [1.54, 1.807) is 7.11 Å². The van der Waals surface area contributed by atoms with Gasteiger partial charge in [0.1, 0.15) is 5.75 Å². The Morgan fingerprint density at radius 2 is 2.00 bits per heavy atom. The summed E-state index contributed by atoms with van der Waals surface area (Å²) in [5, 5.41) is 11.3. The standard InChI is InChI=1S/C25H31N3O2/c1-16(2)18-10-12-23(30-3)21(14-18)19-9-11-20-22(15-19)27-28-25(20)26-24(29)13-8-17-6-4-5-7-17/h9-12,14-17H,4-8,13H2,1-3H3,(H2,26,27,28,29). The molecule has 1 aliphatic carbocycles. The Morgan fingerprint density at radius 1 is 1.20 bits per heavy atom. The lowest BCUT2D eigenvalue weighted by molar-refractivity contribution is -0.116. The number of ether oxygens (including phenoxy) is 1. The van der Waals surface area contributed by atoms with E-state index in [4.69, 9.17) is 4.74 Å². The highest BCUT2D eigenvalue weighted by Gasteiger charge is 2.17. The molecule has 1 heterocycles. The van der Waals surface area contributed by atoms with E-state index in [2.05, 4.69) is 53.6 Å². The number of H-pyrrole nitrogens is 1. The monoisotopic (exact) mass is 405 g/mol. The van der Waals surface area contributed by atoms with Gasteiger partial charge in [0.25, 0.3) is 0 Å². The van der Waals surface area contributed by atoms with E-state index in [0.29, 0.717) is 24.1 Å². The first kappa shape index (κ1) is 20.5. The number of hydrogen-bond donors (Lipinski definition) is 2. The summed E-state index contributed by atoms with van der Waals surface area (Å²) in [6.45, 7) is 4.37. The average molecular weight is 406 g/mol. The summed E-state index contributed by atoms with van der Waals surface area (Å²) in [5.41, 5.74) is 4.29. The van der Waals surface area contributed by atoms with Crippen molar-refractivity contribution in [2.75, 3.05) is 12.4 Å². The third-order valence-corrected chi connectivity index (χ3v) is 6.28. The van der Waals surface area contributed by atoms with Crippen LogP contribution in [0.15, 0.2) is 36.4 Å². The molecular weight excluding hydrogens is 374 g/mol. The molecule has 158 valence electrons. The van der Waals surface area contributed by atoms with Gasteiger partial charge in [0.15, 0.2) is 5.82 Å². The number of carbonyl (C=O) groups excluding carboxylic acids is 1. The second-order valence-corrected chi connectivity index (χ2v) is 8.68. The lowest BCUT2D eigenvalue weighted by Gasteiger charge is -2.13. The van der Waals surface area contributed by atoms with Gasteiger partial charge in [0.05, 0.1) is 12.6 Å².